The van der Waals surface area contributed by atoms with E-state index in [-0.39, 0.29) is 11.7 Å². The van der Waals surface area contributed by atoms with E-state index in [1.54, 1.807) is 6.92 Å². The molecule has 18 heavy (non-hydrogen) atoms. The van der Waals surface area contributed by atoms with Gasteiger partial charge in [-0.15, -0.1) is 11.3 Å². The summed E-state index contributed by atoms with van der Waals surface area (Å²) in [5.74, 6) is 0.0326. The molecule has 1 amide bonds. The maximum Gasteiger partial charge on any atom is 0.261 e. The monoisotopic (exact) mass is 257 g/mol. The number of ketones is 1. The highest BCUT2D eigenvalue weighted by Crippen LogP contribution is 2.35. The predicted octanol–water partition coefficient (Wildman–Crippen LogP) is 2.86. The van der Waals surface area contributed by atoms with Gasteiger partial charge in [-0.25, -0.2) is 0 Å². The van der Waals surface area contributed by atoms with Crippen molar-refractivity contribution in [2.45, 2.75) is 13.5 Å². The summed E-state index contributed by atoms with van der Waals surface area (Å²) in [7, 11) is 0. The first-order valence-corrected chi connectivity index (χ1v) is 6.49. The molecule has 1 aliphatic heterocycles. The molecule has 1 aromatic heterocycles. The molecule has 0 saturated carbocycles. The summed E-state index contributed by atoms with van der Waals surface area (Å²) in [5.41, 5.74) is 2.65. The molecular formula is C14H11NO2S. The van der Waals surface area contributed by atoms with Crippen LogP contribution < -0.4 is 5.32 Å². The maximum atomic E-state index is 11.6. The maximum absolute atomic E-state index is 11.6. The van der Waals surface area contributed by atoms with Gasteiger partial charge >= 0.3 is 0 Å². The summed E-state index contributed by atoms with van der Waals surface area (Å²) in [4.78, 5) is 24.9. The Labute approximate surface area is 108 Å². The molecule has 0 unspecified atom stereocenters. The van der Waals surface area contributed by atoms with Gasteiger partial charge in [0, 0.05) is 22.5 Å². The molecule has 1 aliphatic rings. The summed E-state index contributed by atoms with van der Waals surface area (Å²) in [6, 6.07) is 9.51. The average Bonchev–Trinajstić information content (AvgIpc) is 2.92. The summed E-state index contributed by atoms with van der Waals surface area (Å²) in [6.45, 7) is 2.15. The molecule has 90 valence electrons. The van der Waals surface area contributed by atoms with Gasteiger partial charge in [0.05, 0.1) is 4.88 Å². The molecule has 2 aromatic rings. The number of fused-ring (bicyclic) bond motifs is 1. The number of benzene rings is 1. The summed E-state index contributed by atoms with van der Waals surface area (Å²) >= 11 is 1.45. The summed E-state index contributed by atoms with van der Waals surface area (Å²) in [5, 5.41) is 2.79. The van der Waals surface area contributed by atoms with Gasteiger partial charge in [0.1, 0.15) is 0 Å². The first kappa shape index (κ1) is 11.2. The molecule has 0 atom stereocenters. The zero-order chi connectivity index (χ0) is 12.7. The van der Waals surface area contributed by atoms with E-state index in [4.69, 9.17) is 0 Å². The highest BCUT2D eigenvalue weighted by Gasteiger charge is 2.23. The molecule has 0 radical (unpaired) electrons. The van der Waals surface area contributed by atoms with Crippen molar-refractivity contribution >= 4 is 23.0 Å². The van der Waals surface area contributed by atoms with Crippen molar-refractivity contribution in [2.75, 3.05) is 0 Å². The van der Waals surface area contributed by atoms with Crippen molar-refractivity contribution in [3.8, 4) is 10.4 Å². The van der Waals surface area contributed by atoms with Gasteiger partial charge in [0.15, 0.2) is 5.78 Å². The third-order valence-corrected chi connectivity index (χ3v) is 4.24. The fourth-order valence-corrected chi connectivity index (χ4v) is 3.28. The Morgan fingerprint density at radius 3 is 2.83 bits per heavy atom. The number of rotatable bonds is 2. The van der Waals surface area contributed by atoms with E-state index in [9.17, 15) is 9.59 Å². The van der Waals surface area contributed by atoms with Crippen molar-refractivity contribution in [3.63, 3.8) is 0 Å². The quantitative estimate of drug-likeness (QED) is 0.841. The second-order valence-corrected chi connectivity index (χ2v) is 5.30. The Hall–Kier alpha value is -1.94. The highest BCUT2D eigenvalue weighted by atomic mass is 32.1. The largest absolute Gasteiger partial charge is 0.347 e. The average molecular weight is 257 g/mol. The van der Waals surface area contributed by atoms with Gasteiger partial charge in [-0.1, -0.05) is 24.3 Å². The van der Waals surface area contributed by atoms with Gasteiger partial charge in [-0.2, -0.15) is 0 Å². The standard InChI is InChI=1S/C14H11NO2S/c1-8(16)10-4-2-3-5-11(10)12-6-9-7-15-14(17)13(9)18-12/h2-6H,7H2,1H3,(H,15,17). The lowest BCUT2D eigenvalue weighted by atomic mass is 10.0. The number of hydrogen-bond donors (Lipinski definition) is 1. The van der Waals surface area contributed by atoms with Crippen LogP contribution in [0.25, 0.3) is 10.4 Å². The molecule has 0 bridgehead atoms. The van der Waals surface area contributed by atoms with Crippen molar-refractivity contribution in [2.24, 2.45) is 0 Å². The molecule has 3 rings (SSSR count). The van der Waals surface area contributed by atoms with Gasteiger partial charge in [0.25, 0.3) is 5.91 Å². The van der Waals surface area contributed by atoms with E-state index in [1.165, 1.54) is 11.3 Å². The molecular weight excluding hydrogens is 246 g/mol. The SMILES string of the molecule is CC(=O)c1ccccc1-c1cc2c(s1)C(=O)NC2. The van der Waals surface area contributed by atoms with E-state index >= 15 is 0 Å². The first-order chi connectivity index (χ1) is 8.66. The lowest BCUT2D eigenvalue weighted by Crippen LogP contribution is -2.12. The molecule has 0 aliphatic carbocycles. The van der Waals surface area contributed by atoms with Crippen molar-refractivity contribution in [3.05, 3.63) is 46.3 Å². The normalized spacial score (nSPS) is 13.3. The molecule has 1 N–H and O–H groups in total. The van der Waals surface area contributed by atoms with Crippen LogP contribution in [0.2, 0.25) is 0 Å². The Kier molecular flexibility index (Phi) is 2.52. The van der Waals surface area contributed by atoms with Crippen LogP contribution in [0.1, 0.15) is 32.5 Å². The zero-order valence-corrected chi connectivity index (χ0v) is 10.6. The van der Waals surface area contributed by atoms with Crippen LogP contribution in [0.4, 0.5) is 0 Å². The third-order valence-electron chi connectivity index (χ3n) is 3.03. The van der Waals surface area contributed by atoms with Crippen LogP contribution in [0.3, 0.4) is 0 Å². The minimum absolute atomic E-state index is 0.0124. The fourth-order valence-electron chi connectivity index (χ4n) is 2.15. The van der Waals surface area contributed by atoms with Crippen LogP contribution in [0.15, 0.2) is 30.3 Å². The van der Waals surface area contributed by atoms with Crippen molar-refractivity contribution in [1.29, 1.82) is 0 Å². The van der Waals surface area contributed by atoms with E-state index in [1.807, 2.05) is 30.3 Å². The van der Waals surface area contributed by atoms with Crippen LogP contribution in [0.5, 0.6) is 0 Å². The van der Waals surface area contributed by atoms with Crippen LogP contribution in [0, 0.1) is 0 Å². The first-order valence-electron chi connectivity index (χ1n) is 5.68. The third kappa shape index (κ3) is 1.66. The van der Waals surface area contributed by atoms with Crippen LogP contribution >= 0.6 is 11.3 Å². The number of Topliss-reactive ketones (excluding diaryl/α,β-unsaturated/α-hetero) is 1. The predicted molar refractivity (Wildman–Crippen MR) is 70.9 cm³/mol. The Bertz CT molecular complexity index is 658. The zero-order valence-electron chi connectivity index (χ0n) is 9.82. The molecule has 2 heterocycles. The summed E-state index contributed by atoms with van der Waals surface area (Å²) < 4.78 is 0. The van der Waals surface area contributed by atoms with Crippen molar-refractivity contribution < 1.29 is 9.59 Å². The molecule has 0 spiro atoms. The smallest absolute Gasteiger partial charge is 0.261 e. The molecule has 0 saturated heterocycles. The molecule has 3 nitrogen and oxygen atoms in total. The number of carbonyl (C=O) groups is 2. The fraction of sp³-hybridized carbons (Fsp3) is 0.143. The van der Waals surface area contributed by atoms with Crippen molar-refractivity contribution in [1.82, 2.24) is 5.32 Å². The number of thiophene rings is 1. The molecule has 4 heteroatoms. The lowest BCUT2D eigenvalue weighted by molar-refractivity contribution is 0.0967. The van der Waals surface area contributed by atoms with E-state index in [0.29, 0.717) is 12.1 Å². The highest BCUT2D eigenvalue weighted by molar-refractivity contribution is 7.17. The van der Waals surface area contributed by atoms with Crippen LogP contribution in [-0.4, -0.2) is 11.7 Å². The second-order valence-electron chi connectivity index (χ2n) is 4.25. The topological polar surface area (TPSA) is 46.2 Å². The second kappa shape index (κ2) is 4.07. The Morgan fingerprint density at radius 2 is 2.11 bits per heavy atom. The van der Waals surface area contributed by atoms with Gasteiger partial charge in [-0.3, -0.25) is 9.59 Å². The molecule has 1 aromatic carbocycles. The van der Waals surface area contributed by atoms with Crippen LogP contribution in [-0.2, 0) is 6.54 Å². The molecule has 0 fully saturated rings. The van der Waals surface area contributed by atoms with E-state index in [0.717, 1.165) is 20.9 Å². The number of amides is 1. The number of carbonyl (C=O) groups excluding carboxylic acids is 2. The Morgan fingerprint density at radius 1 is 1.33 bits per heavy atom. The minimum Gasteiger partial charge on any atom is -0.347 e. The number of nitrogens with one attached hydrogen (secondary N) is 1. The summed E-state index contributed by atoms with van der Waals surface area (Å²) in [6.07, 6.45) is 0. The van der Waals surface area contributed by atoms with E-state index in [2.05, 4.69) is 5.32 Å². The Balaban J connectivity index is 2.14. The number of hydrogen-bond acceptors (Lipinski definition) is 3. The van der Waals surface area contributed by atoms with Gasteiger partial charge in [-0.05, 0) is 18.6 Å². The van der Waals surface area contributed by atoms with Gasteiger partial charge < -0.3 is 5.32 Å². The minimum atomic E-state index is -0.0124. The van der Waals surface area contributed by atoms with Gasteiger partial charge in [0.2, 0.25) is 0 Å². The van der Waals surface area contributed by atoms with E-state index < -0.39 is 0 Å². The lowest BCUT2D eigenvalue weighted by Gasteiger charge is -2.04.